The standard InChI is InChI=1S/C28H26F7NO/c1-26(2,3)21-9-7-19(8-10-21)17-36(12-11-18-5-4-6-22(13-18)27(30,31)32)25(37)20-14-23(28(33,34)35)16-24(29)15-20/h4-10,13-16H,11-12,17H2,1-3H3. The first-order valence-electron chi connectivity index (χ1n) is 11.5. The Labute approximate surface area is 210 Å². The summed E-state index contributed by atoms with van der Waals surface area (Å²) in [5, 5.41) is 0. The molecule has 37 heavy (non-hydrogen) atoms. The molecule has 0 aliphatic heterocycles. The predicted molar refractivity (Wildman–Crippen MR) is 126 cm³/mol. The first kappa shape index (κ1) is 28.2. The smallest absolute Gasteiger partial charge is 0.334 e. The van der Waals surface area contributed by atoms with Gasteiger partial charge in [-0.1, -0.05) is 63.2 Å². The molecule has 0 aromatic heterocycles. The number of rotatable bonds is 6. The molecule has 1 amide bonds. The third kappa shape index (κ3) is 7.57. The molecule has 0 heterocycles. The van der Waals surface area contributed by atoms with E-state index < -0.39 is 40.8 Å². The first-order chi connectivity index (χ1) is 17.0. The van der Waals surface area contributed by atoms with Crippen molar-refractivity contribution in [2.75, 3.05) is 6.54 Å². The van der Waals surface area contributed by atoms with Crippen molar-refractivity contribution in [3.05, 3.63) is 106 Å². The molecule has 0 saturated heterocycles. The molecular formula is C28H26F7NO. The second-order valence-electron chi connectivity index (χ2n) is 9.85. The lowest BCUT2D eigenvalue weighted by Crippen LogP contribution is -2.33. The van der Waals surface area contributed by atoms with E-state index in [-0.39, 0.29) is 24.9 Å². The van der Waals surface area contributed by atoms with E-state index in [1.165, 1.54) is 17.0 Å². The quantitative estimate of drug-likeness (QED) is 0.298. The first-order valence-corrected chi connectivity index (χ1v) is 11.5. The van der Waals surface area contributed by atoms with Crippen molar-refractivity contribution in [1.82, 2.24) is 4.90 Å². The lowest BCUT2D eigenvalue weighted by atomic mass is 9.87. The number of hydrogen-bond donors (Lipinski definition) is 0. The summed E-state index contributed by atoms with van der Waals surface area (Å²) in [4.78, 5) is 14.5. The second-order valence-corrected chi connectivity index (χ2v) is 9.85. The highest BCUT2D eigenvalue weighted by atomic mass is 19.4. The zero-order valence-electron chi connectivity index (χ0n) is 20.5. The fourth-order valence-electron chi connectivity index (χ4n) is 3.81. The van der Waals surface area contributed by atoms with E-state index in [2.05, 4.69) is 0 Å². The Morgan fingerprint density at radius 3 is 1.92 bits per heavy atom. The van der Waals surface area contributed by atoms with Crippen LogP contribution in [-0.2, 0) is 30.7 Å². The number of amides is 1. The summed E-state index contributed by atoms with van der Waals surface area (Å²) in [7, 11) is 0. The van der Waals surface area contributed by atoms with Crippen LogP contribution in [-0.4, -0.2) is 17.4 Å². The van der Waals surface area contributed by atoms with Crippen LogP contribution in [0.3, 0.4) is 0 Å². The van der Waals surface area contributed by atoms with E-state index in [1.54, 1.807) is 12.1 Å². The minimum atomic E-state index is -4.86. The zero-order chi connectivity index (χ0) is 27.6. The van der Waals surface area contributed by atoms with Crippen LogP contribution in [0.1, 0.15) is 58.9 Å². The van der Waals surface area contributed by atoms with Gasteiger partial charge in [0.2, 0.25) is 0 Å². The largest absolute Gasteiger partial charge is 0.416 e. The highest BCUT2D eigenvalue weighted by molar-refractivity contribution is 5.94. The normalized spacial score (nSPS) is 12.5. The molecular weight excluding hydrogens is 499 g/mol. The molecule has 3 rings (SSSR count). The molecule has 0 aliphatic carbocycles. The van der Waals surface area contributed by atoms with E-state index in [4.69, 9.17) is 0 Å². The third-order valence-electron chi connectivity index (χ3n) is 5.88. The van der Waals surface area contributed by atoms with Crippen LogP contribution in [0.4, 0.5) is 30.7 Å². The number of halogens is 7. The molecule has 2 nitrogen and oxygen atoms in total. The van der Waals surface area contributed by atoms with Crippen molar-refractivity contribution < 1.29 is 35.5 Å². The van der Waals surface area contributed by atoms with Gasteiger partial charge in [0.1, 0.15) is 5.82 Å². The van der Waals surface area contributed by atoms with Gasteiger partial charge in [0.05, 0.1) is 11.1 Å². The molecule has 0 atom stereocenters. The molecule has 0 saturated carbocycles. The Morgan fingerprint density at radius 2 is 1.35 bits per heavy atom. The fourth-order valence-corrected chi connectivity index (χ4v) is 3.81. The van der Waals surface area contributed by atoms with Gasteiger partial charge < -0.3 is 4.90 Å². The summed E-state index contributed by atoms with van der Waals surface area (Å²) >= 11 is 0. The van der Waals surface area contributed by atoms with Crippen LogP contribution in [0.2, 0.25) is 0 Å². The van der Waals surface area contributed by atoms with Gasteiger partial charge in [-0.3, -0.25) is 4.79 Å². The molecule has 0 N–H and O–H groups in total. The molecule has 0 spiro atoms. The Kier molecular flexibility index (Phi) is 8.05. The maximum absolute atomic E-state index is 14.0. The minimum Gasteiger partial charge on any atom is -0.334 e. The Balaban J connectivity index is 1.92. The van der Waals surface area contributed by atoms with Crippen molar-refractivity contribution in [2.45, 2.75) is 51.5 Å². The Hall–Kier alpha value is -3.36. The third-order valence-corrected chi connectivity index (χ3v) is 5.88. The van der Waals surface area contributed by atoms with E-state index in [1.807, 2.05) is 32.9 Å². The summed E-state index contributed by atoms with van der Waals surface area (Å²) in [5.41, 5.74) is -0.791. The van der Waals surface area contributed by atoms with E-state index in [0.717, 1.165) is 23.8 Å². The number of alkyl halides is 6. The highest BCUT2D eigenvalue weighted by Crippen LogP contribution is 2.32. The monoisotopic (exact) mass is 525 g/mol. The average molecular weight is 526 g/mol. The van der Waals surface area contributed by atoms with Crippen molar-refractivity contribution in [3.8, 4) is 0 Å². The molecule has 0 bridgehead atoms. The van der Waals surface area contributed by atoms with Crippen molar-refractivity contribution in [3.63, 3.8) is 0 Å². The SMILES string of the molecule is CC(C)(C)c1ccc(CN(CCc2cccc(C(F)(F)F)c2)C(=O)c2cc(F)cc(C(F)(F)F)c2)cc1. The van der Waals surface area contributed by atoms with E-state index in [9.17, 15) is 35.5 Å². The highest BCUT2D eigenvalue weighted by Gasteiger charge is 2.33. The van der Waals surface area contributed by atoms with Gasteiger partial charge in [-0.15, -0.1) is 0 Å². The van der Waals surface area contributed by atoms with Crippen molar-refractivity contribution in [2.24, 2.45) is 0 Å². The van der Waals surface area contributed by atoms with Gasteiger partial charge in [-0.2, -0.15) is 26.3 Å². The molecule has 0 radical (unpaired) electrons. The molecule has 3 aromatic rings. The van der Waals surface area contributed by atoms with Crippen LogP contribution in [0, 0.1) is 5.82 Å². The van der Waals surface area contributed by atoms with Gasteiger partial charge in [-0.05, 0) is 52.8 Å². The lowest BCUT2D eigenvalue weighted by Gasteiger charge is -2.25. The Morgan fingerprint density at radius 1 is 0.730 bits per heavy atom. The Bertz CT molecular complexity index is 1240. The molecule has 9 heteroatoms. The zero-order valence-corrected chi connectivity index (χ0v) is 20.5. The van der Waals surface area contributed by atoms with Crippen molar-refractivity contribution in [1.29, 1.82) is 0 Å². The van der Waals surface area contributed by atoms with Gasteiger partial charge in [-0.25, -0.2) is 4.39 Å². The molecule has 0 aliphatic rings. The van der Waals surface area contributed by atoms with Crippen LogP contribution < -0.4 is 0 Å². The number of carbonyl (C=O) groups is 1. The van der Waals surface area contributed by atoms with Crippen LogP contribution in [0.5, 0.6) is 0 Å². The number of carbonyl (C=O) groups excluding carboxylic acids is 1. The summed E-state index contributed by atoms with van der Waals surface area (Å²) in [6.45, 7) is 5.94. The van der Waals surface area contributed by atoms with Gasteiger partial charge >= 0.3 is 12.4 Å². The lowest BCUT2D eigenvalue weighted by molar-refractivity contribution is -0.138. The summed E-state index contributed by atoms with van der Waals surface area (Å²) < 4.78 is 92.9. The number of hydrogen-bond acceptors (Lipinski definition) is 1. The van der Waals surface area contributed by atoms with Crippen LogP contribution >= 0.6 is 0 Å². The fraction of sp³-hybridized carbons (Fsp3) is 0.321. The maximum atomic E-state index is 14.0. The van der Waals surface area contributed by atoms with Crippen LogP contribution in [0.25, 0.3) is 0 Å². The predicted octanol–water partition coefficient (Wildman–Crippen LogP) is 8.05. The maximum Gasteiger partial charge on any atom is 0.416 e. The summed E-state index contributed by atoms with van der Waals surface area (Å²) in [6, 6.07) is 13.5. The van der Waals surface area contributed by atoms with E-state index >= 15 is 0 Å². The van der Waals surface area contributed by atoms with Gasteiger partial charge in [0.15, 0.2) is 0 Å². The van der Waals surface area contributed by atoms with E-state index in [0.29, 0.717) is 23.3 Å². The number of nitrogens with zero attached hydrogens (tertiary/aromatic N) is 1. The topological polar surface area (TPSA) is 20.3 Å². The summed E-state index contributed by atoms with van der Waals surface area (Å²) in [6.07, 6.45) is -9.39. The second kappa shape index (κ2) is 10.6. The molecule has 0 unspecified atom stereocenters. The molecule has 198 valence electrons. The van der Waals surface area contributed by atoms with Gasteiger partial charge in [0, 0.05) is 18.7 Å². The van der Waals surface area contributed by atoms with Gasteiger partial charge in [0.25, 0.3) is 5.91 Å². The molecule has 0 fully saturated rings. The average Bonchev–Trinajstić information content (AvgIpc) is 2.79. The minimum absolute atomic E-state index is 0.0111. The molecule has 3 aromatic carbocycles. The van der Waals surface area contributed by atoms with Crippen molar-refractivity contribution >= 4 is 5.91 Å². The summed E-state index contributed by atoms with van der Waals surface area (Å²) in [5.74, 6) is -2.08. The number of benzene rings is 3. The van der Waals surface area contributed by atoms with Crippen LogP contribution in [0.15, 0.2) is 66.7 Å².